The van der Waals surface area contributed by atoms with Crippen LogP contribution in [-0.4, -0.2) is 0 Å². The van der Waals surface area contributed by atoms with E-state index in [2.05, 4.69) is 94.3 Å². The van der Waals surface area contributed by atoms with E-state index >= 15 is 0 Å². The van der Waals surface area contributed by atoms with Gasteiger partial charge in [0.2, 0.25) is 0 Å². The number of hydrogen-bond acceptors (Lipinski definition) is 0. The van der Waals surface area contributed by atoms with Crippen LogP contribution in [0.2, 0.25) is 0 Å². The number of fused-ring (bicyclic) bond motifs is 2. The van der Waals surface area contributed by atoms with Gasteiger partial charge >= 0.3 is 0 Å². The fraction of sp³-hybridized carbons (Fsp3) is 0.238. The van der Waals surface area contributed by atoms with Crippen molar-refractivity contribution in [3.8, 4) is 0 Å². The Morgan fingerprint density at radius 1 is 0.739 bits per heavy atom. The van der Waals surface area contributed by atoms with Crippen molar-refractivity contribution in [3.63, 3.8) is 0 Å². The maximum Gasteiger partial charge on any atom is 0.0250 e. The van der Waals surface area contributed by atoms with Gasteiger partial charge in [-0.1, -0.05) is 79.4 Å². The molecule has 0 aromatic heterocycles. The maximum atomic E-state index is 3.70. The van der Waals surface area contributed by atoms with E-state index in [1.807, 2.05) is 0 Å². The fourth-order valence-corrected chi connectivity index (χ4v) is 5.02. The molecule has 2 aliphatic rings. The Balaban J connectivity index is 1.72. The predicted molar refractivity (Wildman–Crippen MR) is 106 cm³/mol. The molecule has 0 bridgehead atoms. The smallest absolute Gasteiger partial charge is 0.0250 e. The molecule has 2 aliphatic carbocycles. The number of benzene rings is 2. The van der Waals surface area contributed by atoms with E-state index in [4.69, 9.17) is 0 Å². The summed E-state index contributed by atoms with van der Waals surface area (Å²) in [5.41, 5.74) is 8.61. The van der Waals surface area contributed by atoms with Gasteiger partial charge in [0.25, 0.3) is 0 Å². The van der Waals surface area contributed by atoms with E-state index in [9.17, 15) is 0 Å². The van der Waals surface area contributed by atoms with Crippen LogP contribution in [0.25, 0.3) is 12.2 Å². The molecule has 0 saturated carbocycles. The molecule has 0 fully saturated rings. The minimum atomic E-state index is 0.515. The minimum absolute atomic E-state index is 0.515. The molecule has 2 atom stereocenters. The molecule has 0 radical (unpaired) electrons. The summed E-state index contributed by atoms with van der Waals surface area (Å²) in [7, 11) is 0. The lowest BCUT2D eigenvalue weighted by Crippen LogP contribution is -2.06. The monoisotopic (exact) mass is 428 g/mol. The Hall–Kier alpha value is -1.12. The number of hydrogen-bond donors (Lipinski definition) is 0. The lowest BCUT2D eigenvalue weighted by atomic mass is 9.82. The van der Waals surface area contributed by atoms with Crippen molar-refractivity contribution in [2.75, 3.05) is 0 Å². The van der Waals surface area contributed by atoms with E-state index in [0.29, 0.717) is 11.8 Å². The summed E-state index contributed by atoms with van der Waals surface area (Å²) in [6.07, 6.45) is 5.84. The Morgan fingerprint density at radius 2 is 1.17 bits per heavy atom. The van der Waals surface area contributed by atoms with Crippen molar-refractivity contribution < 1.29 is 0 Å². The topological polar surface area (TPSA) is 0 Å². The van der Waals surface area contributed by atoms with Crippen LogP contribution in [0, 0.1) is 0 Å². The van der Waals surface area contributed by atoms with Crippen molar-refractivity contribution in [1.29, 1.82) is 0 Å². The molecular weight excluding hydrogens is 412 g/mol. The SMILES string of the molecule is CC1=Cc2c(Br)cccc2C1CC1C(C)=Cc2c(Br)cccc21. The highest BCUT2D eigenvalue weighted by molar-refractivity contribution is 9.10. The first-order valence-electron chi connectivity index (χ1n) is 7.99. The Kier molecular flexibility index (Phi) is 3.85. The van der Waals surface area contributed by atoms with Gasteiger partial charge in [-0.15, -0.1) is 0 Å². The van der Waals surface area contributed by atoms with Gasteiger partial charge in [-0.3, -0.25) is 0 Å². The first-order valence-corrected chi connectivity index (χ1v) is 9.58. The first kappa shape index (κ1) is 15.4. The zero-order valence-corrected chi connectivity index (χ0v) is 16.4. The van der Waals surface area contributed by atoms with Gasteiger partial charge in [-0.05, 0) is 54.7 Å². The van der Waals surface area contributed by atoms with Gasteiger partial charge in [-0.25, -0.2) is 0 Å². The van der Waals surface area contributed by atoms with Crippen LogP contribution in [0.3, 0.4) is 0 Å². The van der Waals surface area contributed by atoms with E-state index < -0.39 is 0 Å². The van der Waals surface area contributed by atoms with Crippen molar-refractivity contribution in [3.05, 3.63) is 78.7 Å². The second kappa shape index (κ2) is 5.75. The van der Waals surface area contributed by atoms with Crippen LogP contribution in [-0.2, 0) is 0 Å². The Bertz CT molecular complexity index is 787. The molecule has 23 heavy (non-hydrogen) atoms. The number of rotatable bonds is 2. The highest BCUT2D eigenvalue weighted by Crippen LogP contribution is 2.49. The summed E-state index contributed by atoms with van der Waals surface area (Å²) < 4.78 is 2.41. The molecule has 116 valence electrons. The van der Waals surface area contributed by atoms with Gasteiger partial charge in [0, 0.05) is 20.8 Å². The average Bonchev–Trinajstić information content (AvgIpc) is 3.01. The quantitative estimate of drug-likeness (QED) is 0.469. The summed E-state index contributed by atoms with van der Waals surface area (Å²) in [6, 6.07) is 13.2. The summed E-state index contributed by atoms with van der Waals surface area (Å²) in [5, 5.41) is 0. The highest BCUT2D eigenvalue weighted by Gasteiger charge is 2.31. The van der Waals surface area contributed by atoms with Gasteiger partial charge in [0.15, 0.2) is 0 Å². The molecule has 0 heterocycles. The van der Waals surface area contributed by atoms with Gasteiger partial charge in [0.1, 0.15) is 0 Å². The minimum Gasteiger partial charge on any atom is -0.0651 e. The van der Waals surface area contributed by atoms with E-state index in [1.165, 1.54) is 42.3 Å². The molecule has 2 heteroatoms. The van der Waals surface area contributed by atoms with Crippen molar-refractivity contribution in [2.24, 2.45) is 0 Å². The molecule has 0 aliphatic heterocycles. The second-order valence-corrected chi connectivity index (χ2v) is 8.31. The molecule has 2 unspecified atom stereocenters. The number of halogens is 2. The van der Waals surface area contributed by atoms with Crippen LogP contribution >= 0.6 is 31.9 Å². The Labute approximate surface area is 154 Å². The number of allylic oxidation sites excluding steroid dienone is 2. The molecule has 0 amide bonds. The molecule has 0 saturated heterocycles. The van der Waals surface area contributed by atoms with Crippen molar-refractivity contribution in [1.82, 2.24) is 0 Å². The molecule has 2 aromatic rings. The Morgan fingerprint density at radius 3 is 1.61 bits per heavy atom. The molecule has 2 aromatic carbocycles. The van der Waals surface area contributed by atoms with Crippen LogP contribution in [0.5, 0.6) is 0 Å². The zero-order chi connectivity index (χ0) is 16.1. The van der Waals surface area contributed by atoms with Crippen LogP contribution in [0.4, 0.5) is 0 Å². The molecule has 4 rings (SSSR count). The largest absolute Gasteiger partial charge is 0.0651 e. The van der Waals surface area contributed by atoms with Crippen LogP contribution in [0.1, 0.15) is 54.4 Å². The van der Waals surface area contributed by atoms with E-state index in [0.717, 1.165) is 6.42 Å². The zero-order valence-electron chi connectivity index (χ0n) is 13.2. The highest BCUT2D eigenvalue weighted by atomic mass is 79.9. The molecule has 0 N–H and O–H groups in total. The van der Waals surface area contributed by atoms with E-state index in [1.54, 1.807) is 0 Å². The molecular formula is C21H18Br2. The van der Waals surface area contributed by atoms with Crippen LogP contribution < -0.4 is 0 Å². The maximum absolute atomic E-state index is 3.70. The van der Waals surface area contributed by atoms with E-state index in [-0.39, 0.29) is 0 Å². The second-order valence-electron chi connectivity index (χ2n) is 6.60. The van der Waals surface area contributed by atoms with Crippen molar-refractivity contribution in [2.45, 2.75) is 32.1 Å². The summed E-state index contributed by atoms with van der Waals surface area (Å²) in [5.74, 6) is 1.03. The van der Waals surface area contributed by atoms with Crippen LogP contribution in [0.15, 0.2) is 56.5 Å². The average molecular weight is 430 g/mol. The normalized spacial score (nSPS) is 21.7. The standard InChI is InChI=1S/C21H18Br2/c1-12-9-18-14(5-3-7-20(18)22)16(12)11-17-13(2)10-19-15(17)6-4-8-21(19)23/h3-10,16-17H,11H2,1-2H3. The third-order valence-corrected chi connectivity index (χ3v) is 6.62. The third kappa shape index (κ3) is 2.47. The molecule has 0 spiro atoms. The third-order valence-electron chi connectivity index (χ3n) is 5.24. The van der Waals surface area contributed by atoms with Crippen molar-refractivity contribution >= 4 is 44.0 Å². The van der Waals surface area contributed by atoms with Gasteiger partial charge < -0.3 is 0 Å². The summed E-state index contributed by atoms with van der Waals surface area (Å²) in [6.45, 7) is 4.54. The first-order chi connectivity index (χ1) is 11.1. The summed E-state index contributed by atoms with van der Waals surface area (Å²) in [4.78, 5) is 0. The lowest BCUT2D eigenvalue weighted by Gasteiger charge is -2.22. The van der Waals surface area contributed by atoms with Gasteiger partial charge in [0.05, 0.1) is 0 Å². The van der Waals surface area contributed by atoms with Gasteiger partial charge in [-0.2, -0.15) is 0 Å². The predicted octanol–water partition coefficient (Wildman–Crippen LogP) is 7.30. The fourth-order valence-electron chi connectivity index (χ4n) is 4.03. The molecule has 0 nitrogen and oxygen atoms in total. The lowest BCUT2D eigenvalue weighted by molar-refractivity contribution is 0.642. The summed E-state index contributed by atoms with van der Waals surface area (Å²) >= 11 is 7.40.